The summed E-state index contributed by atoms with van der Waals surface area (Å²) in [6.45, 7) is 5.00. The van der Waals surface area contributed by atoms with Crippen molar-refractivity contribution in [1.29, 1.82) is 0 Å². The van der Waals surface area contributed by atoms with E-state index in [0.29, 0.717) is 19.5 Å². The Kier molecular flexibility index (Phi) is 6.21. The van der Waals surface area contributed by atoms with Crippen LogP contribution < -0.4 is 5.43 Å². The number of amides is 1. The number of aliphatic hydroxyl groups excluding tert-OH is 1. The molecule has 0 fully saturated rings. The molecule has 1 unspecified atom stereocenters. The maximum absolute atomic E-state index is 11.8. The quantitative estimate of drug-likeness (QED) is 0.468. The first-order chi connectivity index (χ1) is 9.10. The highest BCUT2D eigenvalue weighted by atomic mass is 32.1. The van der Waals surface area contributed by atoms with Crippen molar-refractivity contribution in [2.75, 3.05) is 13.1 Å². The number of allylic oxidation sites excluding steroid dienone is 4. The number of carbonyl (C=O) groups is 1. The lowest BCUT2D eigenvalue weighted by atomic mass is 10.0. The van der Waals surface area contributed by atoms with Gasteiger partial charge in [-0.3, -0.25) is 10.2 Å². The molecule has 0 bridgehead atoms. The molecule has 2 N–H and O–H groups in total. The number of carbonyl (C=O) groups excluding carboxylic acids is 1. The lowest BCUT2D eigenvalue weighted by Gasteiger charge is -2.18. The van der Waals surface area contributed by atoms with Crippen LogP contribution in [0.4, 0.5) is 0 Å². The summed E-state index contributed by atoms with van der Waals surface area (Å²) in [6, 6.07) is 0. The third-order valence-corrected chi connectivity index (χ3v) is 3.10. The van der Waals surface area contributed by atoms with Crippen molar-refractivity contribution >= 4 is 29.3 Å². The molecule has 0 aliphatic heterocycles. The molecule has 0 spiro atoms. The molecule has 5 nitrogen and oxygen atoms in total. The molecule has 6 heteroatoms. The summed E-state index contributed by atoms with van der Waals surface area (Å²) in [6.07, 6.45) is 7.60. The van der Waals surface area contributed by atoms with Crippen molar-refractivity contribution in [3.05, 3.63) is 24.0 Å². The van der Waals surface area contributed by atoms with Gasteiger partial charge in [0.15, 0.2) is 4.99 Å². The van der Waals surface area contributed by atoms with Gasteiger partial charge in [0.1, 0.15) is 5.76 Å². The summed E-state index contributed by atoms with van der Waals surface area (Å²) >= 11 is 4.97. The Morgan fingerprint density at radius 1 is 1.63 bits per heavy atom. The fourth-order valence-corrected chi connectivity index (χ4v) is 1.84. The van der Waals surface area contributed by atoms with Gasteiger partial charge in [-0.15, -0.1) is 0 Å². The fourth-order valence-electron chi connectivity index (χ4n) is 1.66. The van der Waals surface area contributed by atoms with Gasteiger partial charge in [-0.25, -0.2) is 0 Å². The van der Waals surface area contributed by atoms with Gasteiger partial charge in [-0.1, -0.05) is 24.4 Å². The van der Waals surface area contributed by atoms with Crippen LogP contribution in [0.3, 0.4) is 0 Å². The molecule has 19 heavy (non-hydrogen) atoms. The molecule has 104 valence electrons. The van der Waals surface area contributed by atoms with Gasteiger partial charge in [0.05, 0.1) is 5.92 Å². The fraction of sp³-hybridized carbons (Fsp3) is 0.462. The Hall–Kier alpha value is -1.69. The zero-order valence-corrected chi connectivity index (χ0v) is 12.0. The van der Waals surface area contributed by atoms with Crippen LogP contribution in [0.15, 0.2) is 29.1 Å². The van der Waals surface area contributed by atoms with Crippen molar-refractivity contribution in [2.45, 2.75) is 20.3 Å². The number of nitrogens with one attached hydrogen (secondary N) is 1. The second kappa shape index (κ2) is 7.68. The largest absolute Gasteiger partial charge is 0.512 e. The number of rotatable bonds is 4. The second-order valence-electron chi connectivity index (χ2n) is 4.06. The number of nitrogens with zero attached hydrogens (tertiary/aromatic N) is 2. The highest BCUT2D eigenvalue weighted by molar-refractivity contribution is 7.82. The van der Waals surface area contributed by atoms with E-state index in [2.05, 4.69) is 10.5 Å². The zero-order valence-electron chi connectivity index (χ0n) is 11.2. The smallest absolute Gasteiger partial charge is 0.283 e. The van der Waals surface area contributed by atoms with E-state index in [1.807, 2.05) is 19.9 Å². The van der Waals surface area contributed by atoms with Crippen molar-refractivity contribution in [2.24, 2.45) is 11.0 Å². The lowest BCUT2D eigenvalue weighted by molar-refractivity contribution is -0.123. The summed E-state index contributed by atoms with van der Waals surface area (Å²) in [5.41, 5.74) is 2.55. The van der Waals surface area contributed by atoms with Crippen LogP contribution in [0, 0.1) is 5.92 Å². The molecular weight excluding hydrogens is 262 g/mol. The highest BCUT2D eigenvalue weighted by Crippen LogP contribution is 2.15. The van der Waals surface area contributed by atoms with Crippen LogP contribution in [0.2, 0.25) is 0 Å². The Labute approximate surface area is 118 Å². The molecule has 1 rings (SSSR count). The van der Waals surface area contributed by atoms with Crippen LogP contribution in [-0.4, -0.2) is 40.2 Å². The van der Waals surface area contributed by atoms with Crippen LogP contribution in [-0.2, 0) is 4.79 Å². The van der Waals surface area contributed by atoms with Crippen LogP contribution >= 0.6 is 12.2 Å². The molecule has 1 atom stereocenters. The van der Waals surface area contributed by atoms with Gasteiger partial charge < -0.3 is 10.0 Å². The Morgan fingerprint density at radius 3 is 2.89 bits per heavy atom. The van der Waals surface area contributed by atoms with Gasteiger partial charge in [-0.05, 0) is 26.3 Å². The molecule has 1 amide bonds. The number of thiocarbonyl (C=S) groups is 1. The van der Waals surface area contributed by atoms with Gasteiger partial charge in [0.25, 0.3) is 5.91 Å². The van der Waals surface area contributed by atoms with Crippen molar-refractivity contribution < 1.29 is 9.90 Å². The third-order valence-electron chi connectivity index (χ3n) is 2.84. The van der Waals surface area contributed by atoms with E-state index < -0.39 is 0 Å². The molecule has 1 aliphatic rings. The van der Waals surface area contributed by atoms with E-state index in [1.54, 1.807) is 23.3 Å². The molecular formula is C13H19N3O2S. The molecule has 1 aliphatic carbocycles. The van der Waals surface area contributed by atoms with E-state index in [9.17, 15) is 9.90 Å². The molecule has 0 radical (unpaired) electrons. The van der Waals surface area contributed by atoms with Crippen molar-refractivity contribution in [3.63, 3.8) is 0 Å². The van der Waals surface area contributed by atoms with E-state index in [0.717, 1.165) is 0 Å². The number of aliphatic hydroxyl groups is 1. The number of hydrazone groups is 1. The van der Waals surface area contributed by atoms with Crippen molar-refractivity contribution in [3.8, 4) is 0 Å². The van der Waals surface area contributed by atoms with Crippen LogP contribution in [0.5, 0.6) is 0 Å². The summed E-state index contributed by atoms with van der Waals surface area (Å²) in [4.78, 5) is 13.5. The minimum Gasteiger partial charge on any atom is -0.512 e. The predicted octanol–water partition coefficient (Wildman–Crippen LogP) is 1.78. The first-order valence-corrected chi connectivity index (χ1v) is 6.69. The summed E-state index contributed by atoms with van der Waals surface area (Å²) in [5, 5.41) is 13.5. The molecule has 0 saturated carbocycles. The van der Waals surface area contributed by atoms with E-state index in [-0.39, 0.29) is 22.6 Å². The average molecular weight is 281 g/mol. The van der Waals surface area contributed by atoms with Crippen molar-refractivity contribution in [1.82, 2.24) is 10.3 Å². The Balaban J connectivity index is 2.48. The molecule has 0 heterocycles. The second-order valence-corrected chi connectivity index (χ2v) is 4.47. The van der Waals surface area contributed by atoms with E-state index in [1.165, 1.54) is 0 Å². The topological polar surface area (TPSA) is 64.9 Å². The Bertz CT molecular complexity index is 426. The van der Waals surface area contributed by atoms with Gasteiger partial charge in [0, 0.05) is 19.3 Å². The monoisotopic (exact) mass is 281 g/mol. The standard InChI is InChI=1S/C13H19N3O2S/c1-3-16(4-2)13(18)12(19)15-14-9-10-7-5-6-8-11(10)17/h5-6,8-10,17H,3-4,7H2,1-2H3,(H,15,19)/b14-9+. The number of hydrogen-bond donors (Lipinski definition) is 2. The van der Waals surface area contributed by atoms with Gasteiger partial charge in [0.2, 0.25) is 0 Å². The van der Waals surface area contributed by atoms with E-state index in [4.69, 9.17) is 12.2 Å². The molecule has 0 aromatic heterocycles. The first-order valence-electron chi connectivity index (χ1n) is 6.28. The summed E-state index contributed by atoms with van der Waals surface area (Å²) < 4.78 is 0. The number of likely N-dealkylation sites (N-methyl/N-ethyl adjacent to an activating group) is 1. The summed E-state index contributed by atoms with van der Waals surface area (Å²) in [7, 11) is 0. The summed E-state index contributed by atoms with van der Waals surface area (Å²) in [5.74, 6) is -0.140. The minimum atomic E-state index is -0.236. The maximum Gasteiger partial charge on any atom is 0.283 e. The van der Waals surface area contributed by atoms with Crippen LogP contribution in [0.1, 0.15) is 20.3 Å². The average Bonchev–Trinajstić information content (AvgIpc) is 2.42. The first kappa shape index (κ1) is 15.4. The highest BCUT2D eigenvalue weighted by Gasteiger charge is 2.15. The normalized spacial score (nSPS) is 18.2. The molecule has 0 aromatic carbocycles. The molecule has 0 aromatic rings. The Morgan fingerprint density at radius 2 is 2.32 bits per heavy atom. The molecule has 0 saturated heterocycles. The maximum atomic E-state index is 11.8. The van der Waals surface area contributed by atoms with Gasteiger partial charge in [-0.2, -0.15) is 5.10 Å². The predicted molar refractivity (Wildman–Crippen MR) is 80.1 cm³/mol. The lowest BCUT2D eigenvalue weighted by Crippen LogP contribution is -2.40. The zero-order chi connectivity index (χ0) is 14.3. The third kappa shape index (κ3) is 4.48. The van der Waals surface area contributed by atoms with Crippen LogP contribution in [0.25, 0.3) is 0 Å². The SMILES string of the molecule is CCN(CC)C(=O)C(=S)N/N=C/C1CC=CC=C1O. The minimum absolute atomic E-state index is 0.0646. The van der Waals surface area contributed by atoms with E-state index >= 15 is 0 Å². The van der Waals surface area contributed by atoms with Gasteiger partial charge >= 0.3 is 0 Å². The number of hydrogen-bond acceptors (Lipinski definition) is 4.